The summed E-state index contributed by atoms with van der Waals surface area (Å²) in [5.74, 6) is -1.20. The Balaban J connectivity index is 2.35. The van der Waals surface area contributed by atoms with Gasteiger partial charge in [-0.3, -0.25) is 10.1 Å². The van der Waals surface area contributed by atoms with Gasteiger partial charge in [0.05, 0.1) is 18.1 Å². The van der Waals surface area contributed by atoms with E-state index >= 15 is 0 Å². The number of nitrogens with two attached hydrogens (primary N) is 1. The third kappa shape index (κ3) is 4.29. The van der Waals surface area contributed by atoms with Gasteiger partial charge in [0.15, 0.2) is 5.75 Å². The molecule has 25 heavy (non-hydrogen) atoms. The zero-order chi connectivity index (χ0) is 18.8. The Kier molecular flexibility index (Phi) is 5.02. The molecule has 134 valence electrons. The number of phenolic OH excluding ortho intramolecular Hbond substituents is 1. The second-order valence-corrected chi connectivity index (χ2v) is 4.94. The van der Waals surface area contributed by atoms with Gasteiger partial charge in [-0.05, 0) is 29.3 Å². The van der Waals surface area contributed by atoms with E-state index in [1.165, 1.54) is 25.3 Å². The number of ether oxygens (including phenoxy) is 2. The van der Waals surface area contributed by atoms with Crippen LogP contribution < -0.4 is 15.2 Å². The van der Waals surface area contributed by atoms with E-state index in [0.717, 1.165) is 18.2 Å². The van der Waals surface area contributed by atoms with Crippen LogP contribution in [0.15, 0.2) is 36.4 Å². The molecule has 2 aromatic rings. The van der Waals surface area contributed by atoms with Crippen molar-refractivity contribution in [2.24, 2.45) is 5.73 Å². The molecule has 0 aliphatic carbocycles. The molecule has 1 atom stereocenters. The van der Waals surface area contributed by atoms with Gasteiger partial charge < -0.3 is 20.3 Å². The van der Waals surface area contributed by atoms with Crippen LogP contribution in [0.25, 0.3) is 0 Å². The number of nitro groups is 1. The van der Waals surface area contributed by atoms with Crippen LogP contribution in [0.3, 0.4) is 0 Å². The molecule has 0 unspecified atom stereocenters. The van der Waals surface area contributed by atoms with Crippen molar-refractivity contribution in [1.29, 1.82) is 0 Å². The van der Waals surface area contributed by atoms with Gasteiger partial charge in [-0.2, -0.15) is 0 Å². The van der Waals surface area contributed by atoms with Gasteiger partial charge in [0.1, 0.15) is 5.75 Å². The molecule has 0 saturated carbocycles. The lowest BCUT2D eigenvalue weighted by molar-refractivity contribution is -0.386. The van der Waals surface area contributed by atoms with E-state index in [9.17, 15) is 28.4 Å². The van der Waals surface area contributed by atoms with E-state index in [1.54, 1.807) is 0 Å². The van der Waals surface area contributed by atoms with Crippen LogP contribution in [0.2, 0.25) is 0 Å². The highest BCUT2D eigenvalue weighted by Gasteiger charge is 2.31. The number of hydrogen-bond acceptors (Lipinski definition) is 6. The molecule has 2 aromatic carbocycles. The molecule has 0 aromatic heterocycles. The van der Waals surface area contributed by atoms with Crippen molar-refractivity contribution in [1.82, 2.24) is 0 Å². The molecule has 0 fully saturated rings. The number of methoxy groups -OCH3 is 1. The number of halogens is 3. The maximum Gasteiger partial charge on any atom is 0.573 e. The molecule has 2 rings (SSSR count). The number of alkyl halides is 3. The van der Waals surface area contributed by atoms with Crippen LogP contribution in [-0.2, 0) is 0 Å². The molecule has 0 heterocycles. The number of nitrogens with zero attached hydrogens (tertiary/aromatic N) is 1. The van der Waals surface area contributed by atoms with Crippen LogP contribution in [0.4, 0.5) is 18.9 Å². The maximum absolute atomic E-state index is 12.2. The predicted octanol–water partition coefficient (Wildman–Crippen LogP) is 3.26. The molecular formula is C15H13F3N2O5. The molecule has 7 nitrogen and oxygen atoms in total. The summed E-state index contributed by atoms with van der Waals surface area (Å²) >= 11 is 0. The minimum atomic E-state index is -4.81. The van der Waals surface area contributed by atoms with Crippen LogP contribution in [0, 0.1) is 10.1 Å². The molecule has 3 N–H and O–H groups in total. The first-order chi connectivity index (χ1) is 11.6. The van der Waals surface area contributed by atoms with Gasteiger partial charge in [-0.15, -0.1) is 13.2 Å². The molecular weight excluding hydrogens is 345 g/mol. The normalized spacial score (nSPS) is 12.5. The third-order valence-electron chi connectivity index (χ3n) is 3.33. The van der Waals surface area contributed by atoms with Gasteiger partial charge in [0.2, 0.25) is 5.75 Å². The zero-order valence-corrected chi connectivity index (χ0v) is 12.8. The lowest BCUT2D eigenvalue weighted by Gasteiger charge is -2.15. The molecule has 0 aliphatic heterocycles. The predicted molar refractivity (Wildman–Crippen MR) is 80.5 cm³/mol. The van der Waals surface area contributed by atoms with E-state index < -0.39 is 34.5 Å². The van der Waals surface area contributed by atoms with Crippen molar-refractivity contribution in [3.63, 3.8) is 0 Å². The average Bonchev–Trinajstić information content (AvgIpc) is 2.53. The van der Waals surface area contributed by atoms with E-state index in [0.29, 0.717) is 5.56 Å². The number of nitro benzene ring substituents is 1. The zero-order valence-electron chi connectivity index (χ0n) is 12.8. The van der Waals surface area contributed by atoms with E-state index in [4.69, 9.17) is 10.5 Å². The Morgan fingerprint density at radius 1 is 1.20 bits per heavy atom. The highest BCUT2D eigenvalue weighted by Crippen LogP contribution is 2.39. The van der Waals surface area contributed by atoms with Gasteiger partial charge in [-0.25, -0.2) is 0 Å². The summed E-state index contributed by atoms with van der Waals surface area (Å²) in [7, 11) is 1.22. The van der Waals surface area contributed by atoms with Gasteiger partial charge in [-0.1, -0.05) is 12.1 Å². The van der Waals surface area contributed by atoms with E-state index in [2.05, 4.69) is 4.74 Å². The van der Waals surface area contributed by atoms with Crippen molar-refractivity contribution in [2.45, 2.75) is 12.4 Å². The van der Waals surface area contributed by atoms with Crippen LogP contribution in [0.1, 0.15) is 17.2 Å². The van der Waals surface area contributed by atoms with Crippen molar-refractivity contribution in [3.05, 3.63) is 57.6 Å². The fourth-order valence-corrected chi connectivity index (χ4v) is 2.16. The minimum absolute atomic E-state index is 0.142. The Morgan fingerprint density at radius 3 is 2.28 bits per heavy atom. The SMILES string of the molecule is COc1cc([C@H](N)c2ccc(OC(F)(F)F)cc2)cc([N+](=O)[O-])c1O. The molecule has 0 amide bonds. The third-order valence-corrected chi connectivity index (χ3v) is 3.33. The average molecular weight is 358 g/mol. The molecule has 0 spiro atoms. The highest BCUT2D eigenvalue weighted by molar-refractivity contribution is 5.58. The van der Waals surface area contributed by atoms with E-state index in [-0.39, 0.29) is 11.3 Å². The lowest BCUT2D eigenvalue weighted by Crippen LogP contribution is -2.17. The first kappa shape index (κ1) is 18.3. The summed E-state index contributed by atoms with van der Waals surface area (Å²) in [5.41, 5.74) is 6.05. The second-order valence-electron chi connectivity index (χ2n) is 4.94. The summed E-state index contributed by atoms with van der Waals surface area (Å²) in [6.45, 7) is 0. The first-order valence-corrected chi connectivity index (χ1v) is 6.79. The standard InChI is InChI=1S/C15H13F3N2O5/c1-24-12-7-9(6-11(14(12)21)20(22)23)13(19)8-2-4-10(5-3-8)25-15(16,17)18/h2-7,13,21H,19H2,1H3/t13-/m1/s1. The number of hydrogen-bond donors (Lipinski definition) is 2. The number of aromatic hydroxyl groups is 1. The molecule has 0 radical (unpaired) electrons. The monoisotopic (exact) mass is 358 g/mol. The number of benzene rings is 2. The van der Waals surface area contributed by atoms with E-state index in [1.807, 2.05) is 0 Å². The summed E-state index contributed by atoms with van der Waals surface area (Å²) in [6, 6.07) is 6.25. The fraction of sp³-hybridized carbons (Fsp3) is 0.200. The topological polar surface area (TPSA) is 108 Å². The van der Waals surface area contributed by atoms with Crippen LogP contribution in [-0.4, -0.2) is 23.5 Å². The number of rotatable bonds is 5. The van der Waals surface area contributed by atoms with Crippen molar-refractivity contribution in [3.8, 4) is 17.2 Å². The molecule has 0 aliphatic rings. The summed E-state index contributed by atoms with van der Waals surface area (Å²) < 4.78 is 45.1. The van der Waals surface area contributed by atoms with Gasteiger partial charge in [0, 0.05) is 6.07 Å². The van der Waals surface area contributed by atoms with Crippen molar-refractivity contribution in [2.75, 3.05) is 7.11 Å². The fourth-order valence-electron chi connectivity index (χ4n) is 2.16. The van der Waals surface area contributed by atoms with Gasteiger partial charge in [0.25, 0.3) is 0 Å². The Labute approximate surface area is 139 Å². The quantitative estimate of drug-likeness (QED) is 0.627. The lowest BCUT2D eigenvalue weighted by atomic mass is 9.98. The summed E-state index contributed by atoms with van der Waals surface area (Å²) in [4.78, 5) is 10.2. The smallest absolute Gasteiger partial charge is 0.500 e. The van der Waals surface area contributed by atoms with Gasteiger partial charge >= 0.3 is 12.0 Å². The van der Waals surface area contributed by atoms with Crippen molar-refractivity contribution >= 4 is 5.69 Å². The molecule has 10 heteroatoms. The maximum atomic E-state index is 12.2. The first-order valence-electron chi connectivity index (χ1n) is 6.79. The number of phenols is 1. The largest absolute Gasteiger partial charge is 0.573 e. The van der Waals surface area contributed by atoms with Crippen LogP contribution >= 0.6 is 0 Å². The van der Waals surface area contributed by atoms with Crippen LogP contribution in [0.5, 0.6) is 17.2 Å². The Morgan fingerprint density at radius 2 is 1.80 bits per heavy atom. The summed E-state index contributed by atoms with van der Waals surface area (Å²) in [5, 5.41) is 20.8. The second kappa shape index (κ2) is 6.85. The Hall–Kier alpha value is -3.01. The molecule has 0 saturated heterocycles. The molecule has 0 bridgehead atoms. The van der Waals surface area contributed by atoms with Crippen molar-refractivity contribution < 1.29 is 32.7 Å². The highest BCUT2D eigenvalue weighted by atomic mass is 19.4. The Bertz CT molecular complexity index is 778. The minimum Gasteiger partial charge on any atom is -0.500 e. The summed E-state index contributed by atoms with van der Waals surface area (Å²) in [6.07, 6.45) is -4.81.